The number of nitrogens with zero attached hydrogens (tertiary/aromatic N) is 1. The molecule has 11 aromatic rings. The Labute approximate surface area is 349 Å². The molecular weight excluding hydrogens is 727 g/mol. The molecule has 0 amide bonds. The number of hydrogen-bond donors (Lipinski definition) is 0. The van der Waals surface area contributed by atoms with E-state index in [2.05, 4.69) is 229 Å². The fraction of sp³-hybridized carbons (Fsp3) is 0. The van der Waals surface area contributed by atoms with Crippen LogP contribution in [0.4, 0.5) is 17.1 Å². The molecule has 10 aromatic carbocycles. The SMILES string of the molecule is c1ccc(-c2c(-c3cccc(-c4ccc(N(c5ccc(-c6ccc7ccccc7c6)cc5)c5cccc(-c6cccc7ccccc67)c5)cc4)c3)oc3ccccc23)cc1. The summed E-state index contributed by atoms with van der Waals surface area (Å²) in [5.41, 5.74) is 14.5. The first-order valence-corrected chi connectivity index (χ1v) is 20.5. The zero-order valence-corrected chi connectivity index (χ0v) is 32.9. The van der Waals surface area contributed by atoms with E-state index in [-0.39, 0.29) is 0 Å². The molecule has 1 aromatic heterocycles. The van der Waals surface area contributed by atoms with Crippen LogP contribution in [0.15, 0.2) is 241 Å². The lowest BCUT2D eigenvalue weighted by molar-refractivity contribution is 0.632. The average molecular weight is 766 g/mol. The van der Waals surface area contributed by atoms with Crippen molar-refractivity contribution in [2.24, 2.45) is 0 Å². The Balaban J connectivity index is 0.986. The maximum atomic E-state index is 6.59. The van der Waals surface area contributed by atoms with Crippen molar-refractivity contribution in [2.75, 3.05) is 4.90 Å². The van der Waals surface area contributed by atoms with E-state index in [0.29, 0.717) is 0 Å². The fourth-order valence-electron chi connectivity index (χ4n) is 8.69. The lowest BCUT2D eigenvalue weighted by Gasteiger charge is -2.26. The quantitative estimate of drug-likeness (QED) is 0.153. The minimum Gasteiger partial charge on any atom is -0.455 e. The first-order chi connectivity index (χ1) is 29.7. The largest absolute Gasteiger partial charge is 0.455 e. The second kappa shape index (κ2) is 15.1. The van der Waals surface area contributed by atoms with Crippen molar-refractivity contribution in [1.29, 1.82) is 0 Å². The summed E-state index contributed by atoms with van der Waals surface area (Å²) in [6.45, 7) is 0. The highest BCUT2D eigenvalue weighted by Gasteiger charge is 2.19. The minimum atomic E-state index is 0.880. The molecule has 282 valence electrons. The van der Waals surface area contributed by atoms with Gasteiger partial charge in [0.05, 0.1) is 0 Å². The molecule has 0 aliphatic rings. The van der Waals surface area contributed by atoms with Gasteiger partial charge in [0.25, 0.3) is 0 Å². The van der Waals surface area contributed by atoms with Crippen LogP contribution in [-0.2, 0) is 0 Å². The zero-order chi connectivity index (χ0) is 39.8. The van der Waals surface area contributed by atoms with E-state index in [4.69, 9.17) is 4.42 Å². The van der Waals surface area contributed by atoms with Crippen molar-refractivity contribution in [3.05, 3.63) is 237 Å². The first-order valence-electron chi connectivity index (χ1n) is 20.5. The van der Waals surface area contributed by atoms with Crippen LogP contribution in [0.2, 0.25) is 0 Å². The number of rotatable bonds is 8. The standard InChI is InChI=1S/C58H39NO/c1-2-15-44(16-3-1)57-55-24-8-9-26-56(55)60-58(57)49-21-10-19-46(38-49)41-29-33-50(34-30-41)59(51-35-31-42(32-36-51)47-28-27-40-13-4-5-17-45(40)37-47)52-22-11-20-48(39-52)54-25-12-18-43-14-6-7-23-53(43)54/h1-39H. The third-order valence-corrected chi connectivity index (χ3v) is 11.7. The van der Waals surface area contributed by atoms with Gasteiger partial charge in [-0.25, -0.2) is 0 Å². The predicted molar refractivity (Wildman–Crippen MR) is 253 cm³/mol. The van der Waals surface area contributed by atoms with Crippen LogP contribution in [0.5, 0.6) is 0 Å². The van der Waals surface area contributed by atoms with Crippen molar-refractivity contribution in [2.45, 2.75) is 0 Å². The molecule has 0 saturated carbocycles. The molecule has 0 spiro atoms. The molecule has 0 unspecified atom stereocenters. The molecular formula is C58H39NO. The molecule has 0 aliphatic heterocycles. The average Bonchev–Trinajstić information content (AvgIpc) is 3.72. The summed E-state index contributed by atoms with van der Waals surface area (Å²) in [7, 11) is 0. The van der Waals surface area contributed by atoms with Gasteiger partial charge in [0, 0.05) is 33.6 Å². The third-order valence-electron chi connectivity index (χ3n) is 11.7. The smallest absolute Gasteiger partial charge is 0.143 e. The molecule has 0 aliphatic carbocycles. The monoisotopic (exact) mass is 765 g/mol. The van der Waals surface area contributed by atoms with E-state index >= 15 is 0 Å². The summed E-state index contributed by atoms with van der Waals surface area (Å²) in [6.07, 6.45) is 0. The summed E-state index contributed by atoms with van der Waals surface area (Å²) >= 11 is 0. The molecule has 0 saturated heterocycles. The molecule has 2 nitrogen and oxygen atoms in total. The lowest BCUT2D eigenvalue weighted by atomic mass is 9.96. The Kier molecular flexibility index (Phi) is 8.87. The van der Waals surface area contributed by atoms with Crippen molar-refractivity contribution < 1.29 is 4.42 Å². The van der Waals surface area contributed by atoms with Crippen LogP contribution >= 0.6 is 0 Å². The Bertz CT molecular complexity index is 3300. The van der Waals surface area contributed by atoms with Crippen LogP contribution in [0.1, 0.15) is 0 Å². The Morgan fingerprint density at radius 3 is 1.62 bits per heavy atom. The highest BCUT2D eigenvalue weighted by molar-refractivity contribution is 6.02. The summed E-state index contributed by atoms with van der Waals surface area (Å²) < 4.78 is 6.59. The third kappa shape index (κ3) is 6.51. The molecule has 0 radical (unpaired) electrons. The molecule has 2 heteroatoms. The first kappa shape index (κ1) is 35.2. The van der Waals surface area contributed by atoms with Crippen LogP contribution in [0.3, 0.4) is 0 Å². The molecule has 0 atom stereocenters. The van der Waals surface area contributed by atoms with Gasteiger partial charge in [-0.3, -0.25) is 0 Å². The van der Waals surface area contributed by atoms with E-state index < -0.39 is 0 Å². The topological polar surface area (TPSA) is 16.4 Å². The summed E-state index contributed by atoms with van der Waals surface area (Å²) in [6, 6.07) is 84.8. The lowest BCUT2D eigenvalue weighted by Crippen LogP contribution is -2.10. The van der Waals surface area contributed by atoms with E-state index in [1.807, 2.05) is 12.1 Å². The molecule has 0 fully saturated rings. The molecule has 11 rings (SSSR count). The highest BCUT2D eigenvalue weighted by atomic mass is 16.3. The fourth-order valence-corrected chi connectivity index (χ4v) is 8.69. The summed E-state index contributed by atoms with van der Waals surface area (Å²) in [5, 5.41) is 6.08. The van der Waals surface area contributed by atoms with Gasteiger partial charge in [0.1, 0.15) is 11.3 Å². The molecule has 0 bridgehead atoms. The van der Waals surface area contributed by atoms with E-state index in [1.165, 1.54) is 43.8 Å². The van der Waals surface area contributed by atoms with Crippen molar-refractivity contribution in [3.8, 4) is 55.8 Å². The maximum Gasteiger partial charge on any atom is 0.143 e. The van der Waals surface area contributed by atoms with Gasteiger partial charge in [-0.2, -0.15) is 0 Å². The van der Waals surface area contributed by atoms with Crippen LogP contribution in [-0.4, -0.2) is 0 Å². The van der Waals surface area contributed by atoms with Gasteiger partial charge in [0.2, 0.25) is 0 Å². The number of anilines is 3. The van der Waals surface area contributed by atoms with Crippen molar-refractivity contribution in [3.63, 3.8) is 0 Å². The highest BCUT2D eigenvalue weighted by Crippen LogP contribution is 2.43. The van der Waals surface area contributed by atoms with E-state index in [1.54, 1.807) is 0 Å². The number of furan rings is 1. The van der Waals surface area contributed by atoms with Gasteiger partial charge in [-0.15, -0.1) is 0 Å². The Morgan fingerprint density at radius 2 is 0.833 bits per heavy atom. The van der Waals surface area contributed by atoms with Crippen molar-refractivity contribution >= 4 is 49.6 Å². The van der Waals surface area contributed by atoms with Crippen LogP contribution < -0.4 is 4.90 Å². The van der Waals surface area contributed by atoms with Gasteiger partial charge in [0.15, 0.2) is 0 Å². The van der Waals surface area contributed by atoms with Gasteiger partial charge in [-0.05, 0) is 115 Å². The molecule has 60 heavy (non-hydrogen) atoms. The Morgan fingerprint density at radius 1 is 0.283 bits per heavy atom. The summed E-state index contributed by atoms with van der Waals surface area (Å²) in [4.78, 5) is 2.36. The second-order valence-corrected chi connectivity index (χ2v) is 15.3. The van der Waals surface area contributed by atoms with E-state index in [9.17, 15) is 0 Å². The number of fused-ring (bicyclic) bond motifs is 3. The second-order valence-electron chi connectivity index (χ2n) is 15.3. The summed E-state index contributed by atoms with van der Waals surface area (Å²) in [5.74, 6) is 0.880. The van der Waals surface area contributed by atoms with Gasteiger partial charge < -0.3 is 9.32 Å². The van der Waals surface area contributed by atoms with Gasteiger partial charge in [-0.1, -0.05) is 182 Å². The number of benzene rings is 10. The van der Waals surface area contributed by atoms with Gasteiger partial charge >= 0.3 is 0 Å². The predicted octanol–water partition coefficient (Wildman–Crippen LogP) is 16.5. The van der Waals surface area contributed by atoms with Crippen LogP contribution in [0, 0.1) is 0 Å². The van der Waals surface area contributed by atoms with Crippen LogP contribution in [0.25, 0.3) is 88.3 Å². The minimum absolute atomic E-state index is 0.880. The zero-order valence-electron chi connectivity index (χ0n) is 32.9. The van der Waals surface area contributed by atoms with Crippen molar-refractivity contribution in [1.82, 2.24) is 0 Å². The Hall–Kier alpha value is -7.94. The van der Waals surface area contributed by atoms with E-state index in [0.717, 1.165) is 61.6 Å². The normalized spacial score (nSPS) is 11.3. The molecule has 0 N–H and O–H groups in total. The number of para-hydroxylation sites is 1. The maximum absolute atomic E-state index is 6.59. The number of hydrogen-bond acceptors (Lipinski definition) is 2. The molecule has 1 heterocycles.